The van der Waals surface area contributed by atoms with Gasteiger partial charge in [-0.2, -0.15) is 0 Å². The average molecular weight is 377 g/mol. The molecule has 1 aliphatic heterocycles. The minimum absolute atomic E-state index is 0.0868. The van der Waals surface area contributed by atoms with Gasteiger partial charge in [0.05, 0.1) is 18.4 Å². The molecule has 6 heteroatoms. The third kappa shape index (κ3) is 4.06. The molecular weight excluding hydrogens is 358 g/mol. The fourth-order valence-corrected chi connectivity index (χ4v) is 3.77. The summed E-state index contributed by atoms with van der Waals surface area (Å²) in [7, 11) is 0. The number of fused-ring (bicyclic) bond motifs is 1. The number of nitrogens with zero attached hydrogens (tertiary/aromatic N) is 2. The standard InChI is InChI=1S/C21H19N3O2S/c1-14-9-15-11-16(12-24-20(25)5-4-17-3-2-8-27-17)26-21(15)18(10-14)19-13-22-6-7-23-19/h2-10,13,16H,11-12H2,1H3,(H,24,25)/b5-4+. The molecule has 0 saturated heterocycles. The van der Waals surface area contributed by atoms with Crippen LogP contribution < -0.4 is 10.1 Å². The van der Waals surface area contributed by atoms with Crippen molar-refractivity contribution >= 4 is 23.3 Å². The van der Waals surface area contributed by atoms with E-state index in [0.29, 0.717) is 6.54 Å². The fraction of sp³-hybridized carbons (Fsp3) is 0.190. The molecule has 0 bridgehead atoms. The number of nitrogens with one attached hydrogen (secondary N) is 1. The number of hydrogen-bond donors (Lipinski definition) is 1. The highest BCUT2D eigenvalue weighted by molar-refractivity contribution is 7.10. The molecule has 1 aromatic carbocycles. The van der Waals surface area contributed by atoms with E-state index >= 15 is 0 Å². The third-order valence-corrected chi connectivity index (χ3v) is 5.17. The zero-order valence-corrected chi connectivity index (χ0v) is 15.7. The molecule has 1 unspecified atom stereocenters. The Morgan fingerprint density at radius 2 is 2.33 bits per heavy atom. The molecule has 1 aliphatic rings. The molecule has 2 aromatic heterocycles. The number of carbonyl (C=O) groups excluding carboxylic acids is 1. The van der Waals surface area contributed by atoms with Crippen LogP contribution in [0.15, 0.2) is 54.3 Å². The Morgan fingerprint density at radius 1 is 1.41 bits per heavy atom. The van der Waals surface area contributed by atoms with Crippen molar-refractivity contribution in [2.45, 2.75) is 19.4 Å². The van der Waals surface area contributed by atoms with Crippen LogP contribution in [0.3, 0.4) is 0 Å². The second-order valence-electron chi connectivity index (χ2n) is 6.43. The monoisotopic (exact) mass is 377 g/mol. The fourth-order valence-electron chi connectivity index (χ4n) is 3.15. The van der Waals surface area contributed by atoms with Crippen molar-refractivity contribution < 1.29 is 9.53 Å². The van der Waals surface area contributed by atoms with Crippen molar-refractivity contribution in [1.82, 2.24) is 15.3 Å². The van der Waals surface area contributed by atoms with Crippen LogP contribution in [0.25, 0.3) is 17.3 Å². The molecule has 4 rings (SSSR count). The Bertz CT molecular complexity index is 969. The van der Waals surface area contributed by atoms with Crippen LogP contribution in [0.1, 0.15) is 16.0 Å². The molecule has 0 aliphatic carbocycles. The summed E-state index contributed by atoms with van der Waals surface area (Å²) in [6.07, 6.45) is 9.13. The van der Waals surface area contributed by atoms with E-state index in [0.717, 1.165) is 39.4 Å². The minimum Gasteiger partial charge on any atom is -0.487 e. The van der Waals surface area contributed by atoms with E-state index in [1.54, 1.807) is 36.0 Å². The van der Waals surface area contributed by atoms with Gasteiger partial charge in [0.25, 0.3) is 0 Å². The molecule has 27 heavy (non-hydrogen) atoms. The van der Waals surface area contributed by atoms with Crippen molar-refractivity contribution in [3.63, 3.8) is 0 Å². The first kappa shape index (κ1) is 17.4. The summed E-state index contributed by atoms with van der Waals surface area (Å²) < 4.78 is 6.14. The predicted octanol–water partition coefficient (Wildman–Crippen LogP) is 3.65. The molecule has 1 atom stereocenters. The van der Waals surface area contributed by atoms with E-state index in [9.17, 15) is 4.79 Å². The highest BCUT2D eigenvalue weighted by atomic mass is 32.1. The molecule has 1 N–H and O–H groups in total. The van der Waals surface area contributed by atoms with Gasteiger partial charge in [-0.15, -0.1) is 11.3 Å². The maximum absolute atomic E-state index is 12.0. The normalized spacial score (nSPS) is 15.5. The highest BCUT2D eigenvalue weighted by Crippen LogP contribution is 2.38. The number of carbonyl (C=O) groups is 1. The van der Waals surface area contributed by atoms with Crippen LogP contribution in [0.2, 0.25) is 0 Å². The van der Waals surface area contributed by atoms with E-state index < -0.39 is 0 Å². The molecule has 0 fully saturated rings. The van der Waals surface area contributed by atoms with E-state index in [-0.39, 0.29) is 12.0 Å². The van der Waals surface area contributed by atoms with Crippen LogP contribution in [-0.4, -0.2) is 28.5 Å². The Balaban J connectivity index is 1.43. The number of hydrogen-bond acceptors (Lipinski definition) is 5. The highest BCUT2D eigenvalue weighted by Gasteiger charge is 2.27. The first-order valence-electron chi connectivity index (χ1n) is 8.75. The molecular formula is C21H19N3O2S. The lowest BCUT2D eigenvalue weighted by molar-refractivity contribution is -0.116. The zero-order valence-electron chi connectivity index (χ0n) is 14.9. The number of thiophene rings is 1. The van der Waals surface area contributed by atoms with Gasteiger partial charge in [-0.25, -0.2) is 0 Å². The Labute approximate surface area is 161 Å². The lowest BCUT2D eigenvalue weighted by atomic mass is 10.0. The molecule has 136 valence electrons. The smallest absolute Gasteiger partial charge is 0.244 e. The molecule has 1 amide bonds. The number of aryl methyl sites for hydroxylation is 1. The van der Waals surface area contributed by atoms with E-state index in [1.807, 2.05) is 23.6 Å². The summed E-state index contributed by atoms with van der Waals surface area (Å²) in [5.74, 6) is 0.725. The second-order valence-corrected chi connectivity index (χ2v) is 7.41. The molecule has 0 saturated carbocycles. The zero-order chi connectivity index (χ0) is 18.6. The van der Waals surface area contributed by atoms with Gasteiger partial charge in [0.1, 0.15) is 11.9 Å². The largest absolute Gasteiger partial charge is 0.487 e. The van der Waals surface area contributed by atoms with Crippen LogP contribution in [0.4, 0.5) is 0 Å². The summed E-state index contributed by atoms with van der Waals surface area (Å²) in [6, 6.07) is 8.13. The summed E-state index contributed by atoms with van der Waals surface area (Å²) >= 11 is 1.60. The van der Waals surface area contributed by atoms with Crippen LogP contribution in [0, 0.1) is 6.92 Å². The summed E-state index contributed by atoms with van der Waals surface area (Å²) in [5, 5.41) is 4.91. The van der Waals surface area contributed by atoms with Gasteiger partial charge in [0.2, 0.25) is 5.91 Å². The average Bonchev–Trinajstić information content (AvgIpc) is 3.34. The van der Waals surface area contributed by atoms with E-state index in [4.69, 9.17) is 4.74 Å². The minimum atomic E-state index is -0.117. The van der Waals surface area contributed by atoms with Gasteiger partial charge in [-0.3, -0.25) is 14.8 Å². The van der Waals surface area contributed by atoms with Gasteiger partial charge in [0.15, 0.2) is 0 Å². The van der Waals surface area contributed by atoms with Crippen molar-refractivity contribution in [1.29, 1.82) is 0 Å². The van der Waals surface area contributed by atoms with Crippen molar-refractivity contribution in [3.8, 4) is 17.0 Å². The SMILES string of the molecule is Cc1cc2c(c(-c3cnccn3)c1)OC(CNC(=O)/C=C/c1cccs1)C2. The van der Waals surface area contributed by atoms with Crippen molar-refractivity contribution in [3.05, 3.63) is 70.3 Å². The first-order valence-corrected chi connectivity index (χ1v) is 9.63. The Hall–Kier alpha value is -2.99. The number of amides is 1. The maximum Gasteiger partial charge on any atom is 0.244 e. The van der Waals surface area contributed by atoms with Crippen molar-refractivity contribution in [2.75, 3.05) is 6.54 Å². The molecule has 0 radical (unpaired) electrons. The second kappa shape index (κ2) is 7.72. The Kier molecular flexibility index (Phi) is 4.98. The van der Waals surface area contributed by atoms with Crippen LogP contribution >= 0.6 is 11.3 Å². The van der Waals surface area contributed by atoms with Crippen LogP contribution in [0.5, 0.6) is 5.75 Å². The topological polar surface area (TPSA) is 64.1 Å². The summed E-state index contributed by atoms with van der Waals surface area (Å²) in [6.45, 7) is 2.52. The number of rotatable bonds is 5. The third-order valence-electron chi connectivity index (χ3n) is 4.33. The summed E-state index contributed by atoms with van der Waals surface area (Å²) in [4.78, 5) is 21.6. The number of benzene rings is 1. The van der Waals surface area contributed by atoms with Gasteiger partial charge >= 0.3 is 0 Å². The van der Waals surface area contributed by atoms with Gasteiger partial charge in [-0.1, -0.05) is 12.1 Å². The lowest BCUT2D eigenvalue weighted by Crippen LogP contribution is -2.33. The number of aromatic nitrogens is 2. The van der Waals surface area contributed by atoms with Gasteiger partial charge in [-0.05, 0) is 41.6 Å². The first-order chi connectivity index (χ1) is 13.2. The number of ether oxygens (including phenoxy) is 1. The maximum atomic E-state index is 12.0. The van der Waals surface area contributed by atoms with Crippen LogP contribution in [-0.2, 0) is 11.2 Å². The van der Waals surface area contributed by atoms with Gasteiger partial charge in [0, 0.05) is 35.3 Å². The lowest BCUT2D eigenvalue weighted by Gasteiger charge is -2.13. The molecule has 3 heterocycles. The summed E-state index contributed by atoms with van der Waals surface area (Å²) in [5.41, 5.74) is 4.04. The van der Waals surface area contributed by atoms with Gasteiger partial charge < -0.3 is 10.1 Å². The predicted molar refractivity (Wildman–Crippen MR) is 107 cm³/mol. The van der Waals surface area contributed by atoms with E-state index in [2.05, 4.69) is 34.3 Å². The molecule has 0 spiro atoms. The molecule has 3 aromatic rings. The Morgan fingerprint density at radius 3 is 3.11 bits per heavy atom. The van der Waals surface area contributed by atoms with E-state index in [1.165, 1.54) is 0 Å². The van der Waals surface area contributed by atoms with Crippen molar-refractivity contribution in [2.24, 2.45) is 0 Å². The quantitative estimate of drug-likeness (QED) is 0.690. The molecule has 5 nitrogen and oxygen atoms in total.